The lowest BCUT2D eigenvalue weighted by Crippen LogP contribution is -2.21. The summed E-state index contributed by atoms with van der Waals surface area (Å²) in [5.74, 6) is -0.805. The Morgan fingerprint density at radius 1 is 1.77 bits per heavy atom. The van der Waals surface area contributed by atoms with Crippen molar-refractivity contribution in [3.63, 3.8) is 0 Å². The van der Waals surface area contributed by atoms with Crippen LogP contribution in [0.2, 0.25) is 0 Å². The van der Waals surface area contributed by atoms with Gasteiger partial charge in [0, 0.05) is 6.54 Å². The Kier molecular flexibility index (Phi) is 2.63. The maximum Gasteiger partial charge on any atom is 0.433 e. The summed E-state index contributed by atoms with van der Waals surface area (Å²) >= 11 is 0. The van der Waals surface area contributed by atoms with E-state index in [2.05, 4.69) is 9.73 Å². The van der Waals surface area contributed by atoms with E-state index < -0.39 is 10.8 Å². The van der Waals surface area contributed by atoms with E-state index in [4.69, 9.17) is 0 Å². The third-order valence-electron chi connectivity index (χ3n) is 1.37. The molecule has 1 aromatic heterocycles. The van der Waals surface area contributed by atoms with Crippen LogP contribution in [0.25, 0.3) is 0 Å². The number of hydrogen-bond donors (Lipinski definition) is 1. The molecule has 0 saturated heterocycles. The van der Waals surface area contributed by atoms with Gasteiger partial charge in [0.15, 0.2) is 0 Å². The molecule has 0 atom stereocenters. The molecule has 0 fully saturated rings. The Morgan fingerprint density at radius 3 is 2.92 bits per heavy atom. The highest BCUT2D eigenvalue weighted by molar-refractivity contribution is 5.94. The van der Waals surface area contributed by atoms with Crippen LogP contribution in [0.5, 0.6) is 0 Å². The van der Waals surface area contributed by atoms with Gasteiger partial charge in [0.1, 0.15) is 11.2 Å². The third-order valence-corrected chi connectivity index (χ3v) is 1.37. The summed E-state index contributed by atoms with van der Waals surface area (Å²) in [7, 11) is 0. The van der Waals surface area contributed by atoms with Crippen LogP contribution < -0.4 is 5.32 Å². The van der Waals surface area contributed by atoms with E-state index in [0.29, 0.717) is 6.54 Å². The summed E-state index contributed by atoms with van der Waals surface area (Å²) in [4.78, 5) is 20.6. The molecule has 13 heavy (non-hydrogen) atoms. The lowest BCUT2D eigenvalue weighted by molar-refractivity contribution is -0.402. The molecule has 0 aliphatic heterocycles. The number of nitro groups is 1. The molecular weight excluding hydrogens is 176 g/mol. The van der Waals surface area contributed by atoms with Crippen molar-refractivity contribution in [2.75, 3.05) is 6.54 Å². The molecule has 1 heterocycles. The normalized spacial score (nSPS) is 9.62. The molecule has 1 N–H and O–H groups in total. The van der Waals surface area contributed by atoms with E-state index in [1.165, 1.54) is 0 Å². The van der Waals surface area contributed by atoms with Crippen molar-refractivity contribution < 1.29 is 14.1 Å². The predicted molar refractivity (Wildman–Crippen MR) is 43.4 cm³/mol. The molecule has 70 valence electrons. The van der Waals surface area contributed by atoms with Gasteiger partial charge in [-0.15, -0.1) is 0 Å². The maximum atomic E-state index is 11.1. The zero-order valence-electron chi connectivity index (χ0n) is 6.94. The van der Waals surface area contributed by atoms with E-state index in [1.807, 2.05) is 0 Å². The molecule has 0 bridgehead atoms. The van der Waals surface area contributed by atoms with Crippen LogP contribution in [0.15, 0.2) is 16.7 Å². The zero-order chi connectivity index (χ0) is 9.84. The average molecular weight is 184 g/mol. The Balaban J connectivity index is 2.79. The first kappa shape index (κ1) is 9.24. The summed E-state index contributed by atoms with van der Waals surface area (Å²) in [5.41, 5.74) is 0.161. The summed E-state index contributed by atoms with van der Waals surface area (Å²) in [5, 5.41) is 12.7. The quantitative estimate of drug-likeness (QED) is 0.559. The molecule has 0 aliphatic rings. The van der Waals surface area contributed by atoms with Crippen LogP contribution in [-0.2, 0) is 0 Å². The monoisotopic (exact) mass is 184 g/mol. The van der Waals surface area contributed by atoms with Crippen LogP contribution in [0, 0.1) is 10.1 Å². The molecule has 6 heteroatoms. The van der Waals surface area contributed by atoms with E-state index >= 15 is 0 Å². The number of carbonyl (C=O) groups excluding carboxylic acids is 1. The minimum Gasteiger partial charge on any atom is -0.408 e. The summed E-state index contributed by atoms with van der Waals surface area (Å²) in [6.45, 7) is 2.23. The predicted octanol–water partition coefficient (Wildman–Crippen LogP) is 0.938. The van der Waals surface area contributed by atoms with E-state index in [1.54, 1.807) is 6.92 Å². The minimum atomic E-state index is -0.692. The van der Waals surface area contributed by atoms with Gasteiger partial charge in [-0.25, -0.2) is 0 Å². The van der Waals surface area contributed by atoms with Gasteiger partial charge in [-0.1, -0.05) is 0 Å². The summed E-state index contributed by atoms with van der Waals surface area (Å²) < 4.78 is 4.53. The average Bonchev–Trinajstić information content (AvgIpc) is 2.52. The molecule has 1 amide bonds. The molecule has 6 nitrogen and oxygen atoms in total. The van der Waals surface area contributed by atoms with Gasteiger partial charge >= 0.3 is 5.88 Å². The number of furan rings is 1. The highest BCUT2D eigenvalue weighted by Crippen LogP contribution is 2.14. The fraction of sp³-hybridized carbons (Fsp3) is 0.286. The van der Waals surface area contributed by atoms with Crippen molar-refractivity contribution in [2.45, 2.75) is 6.92 Å². The fourth-order valence-electron chi connectivity index (χ4n) is 0.802. The van der Waals surface area contributed by atoms with Crippen molar-refractivity contribution in [1.29, 1.82) is 0 Å². The molecule has 1 rings (SSSR count). The van der Waals surface area contributed by atoms with Gasteiger partial charge in [0.2, 0.25) is 0 Å². The lowest BCUT2D eigenvalue weighted by atomic mass is 10.3. The van der Waals surface area contributed by atoms with Gasteiger partial charge < -0.3 is 9.73 Å². The Hall–Kier alpha value is -1.85. The van der Waals surface area contributed by atoms with Gasteiger partial charge in [-0.2, -0.15) is 0 Å². The maximum absolute atomic E-state index is 11.1. The van der Waals surface area contributed by atoms with Crippen molar-refractivity contribution in [3.8, 4) is 0 Å². The van der Waals surface area contributed by atoms with Gasteiger partial charge in [-0.3, -0.25) is 14.9 Å². The second-order valence-corrected chi connectivity index (χ2v) is 2.29. The highest BCUT2D eigenvalue weighted by atomic mass is 16.6. The van der Waals surface area contributed by atoms with Crippen molar-refractivity contribution in [1.82, 2.24) is 5.32 Å². The topological polar surface area (TPSA) is 85.4 Å². The molecule has 0 aliphatic carbocycles. The molecule has 0 unspecified atom stereocenters. The molecule has 0 aromatic carbocycles. The first-order chi connectivity index (χ1) is 6.15. The number of nitrogens with zero attached hydrogens (tertiary/aromatic N) is 1. The van der Waals surface area contributed by atoms with E-state index in [0.717, 1.165) is 12.3 Å². The van der Waals surface area contributed by atoms with Crippen LogP contribution in [-0.4, -0.2) is 17.4 Å². The van der Waals surface area contributed by atoms with Crippen molar-refractivity contribution in [3.05, 3.63) is 28.0 Å². The molecule has 1 aromatic rings. The molecule has 0 saturated carbocycles. The van der Waals surface area contributed by atoms with Crippen LogP contribution in [0.4, 0.5) is 5.88 Å². The Bertz CT molecular complexity index is 331. The van der Waals surface area contributed by atoms with Crippen molar-refractivity contribution >= 4 is 11.8 Å². The van der Waals surface area contributed by atoms with E-state index in [-0.39, 0.29) is 11.5 Å². The number of carbonyl (C=O) groups is 1. The Morgan fingerprint density at radius 2 is 2.46 bits per heavy atom. The molecular formula is C7H8N2O4. The number of rotatable bonds is 3. The number of amides is 1. The second kappa shape index (κ2) is 3.70. The van der Waals surface area contributed by atoms with Gasteiger partial charge in [0.25, 0.3) is 5.91 Å². The smallest absolute Gasteiger partial charge is 0.408 e. The summed E-state index contributed by atoms with van der Waals surface area (Å²) in [6, 6.07) is 1.09. The SMILES string of the molecule is CCNC(=O)c1coc([N+](=O)[O-])c1. The number of hydrogen-bond acceptors (Lipinski definition) is 4. The lowest BCUT2D eigenvalue weighted by Gasteiger charge is -1.95. The largest absolute Gasteiger partial charge is 0.433 e. The molecule has 0 radical (unpaired) electrons. The van der Waals surface area contributed by atoms with Crippen LogP contribution >= 0.6 is 0 Å². The van der Waals surface area contributed by atoms with E-state index in [9.17, 15) is 14.9 Å². The highest BCUT2D eigenvalue weighted by Gasteiger charge is 2.15. The first-order valence-electron chi connectivity index (χ1n) is 3.66. The third kappa shape index (κ3) is 2.05. The number of nitrogens with one attached hydrogen (secondary N) is 1. The van der Waals surface area contributed by atoms with Crippen LogP contribution in [0.3, 0.4) is 0 Å². The van der Waals surface area contributed by atoms with Crippen molar-refractivity contribution in [2.24, 2.45) is 0 Å². The summed E-state index contributed by atoms with van der Waals surface area (Å²) in [6.07, 6.45) is 1.06. The zero-order valence-corrected chi connectivity index (χ0v) is 6.94. The van der Waals surface area contributed by atoms with Gasteiger partial charge in [0.05, 0.1) is 11.6 Å². The second-order valence-electron chi connectivity index (χ2n) is 2.29. The Labute approximate surface area is 73.7 Å². The van der Waals surface area contributed by atoms with Crippen LogP contribution in [0.1, 0.15) is 17.3 Å². The fourth-order valence-corrected chi connectivity index (χ4v) is 0.802. The first-order valence-corrected chi connectivity index (χ1v) is 3.66. The molecule has 0 spiro atoms. The standard InChI is InChI=1S/C7H8N2O4/c1-2-8-7(10)5-3-6(9(11)12)13-4-5/h3-4H,2H2,1H3,(H,8,10). The van der Waals surface area contributed by atoms with Gasteiger partial charge in [-0.05, 0) is 6.92 Å². The minimum absolute atomic E-state index is 0.161.